The highest BCUT2D eigenvalue weighted by Gasteiger charge is 2.16. The molecule has 0 amide bonds. The van der Waals surface area contributed by atoms with E-state index in [0.29, 0.717) is 0 Å². The molecular formula is C11H17ClN2. The normalized spacial score (nSPS) is 14.1. The van der Waals surface area contributed by atoms with Gasteiger partial charge in [0.15, 0.2) is 0 Å². The quantitative estimate of drug-likeness (QED) is 0.809. The van der Waals surface area contributed by atoms with Gasteiger partial charge >= 0.3 is 0 Å². The molecule has 4 N–H and O–H groups in total. The first-order valence-corrected chi connectivity index (χ1v) is 5.06. The Bertz CT molecular complexity index is 287. The van der Waals surface area contributed by atoms with Gasteiger partial charge in [-0.3, -0.25) is 0 Å². The second-order valence-corrected chi connectivity index (χ2v) is 4.79. The molecule has 14 heavy (non-hydrogen) atoms. The van der Waals surface area contributed by atoms with Gasteiger partial charge < -0.3 is 11.5 Å². The summed E-state index contributed by atoms with van der Waals surface area (Å²) in [4.78, 5) is 0. The van der Waals surface area contributed by atoms with E-state index in [1.54, 1.807) is 0 Å². The fourth-order valence-corrected chi connectivity index (χ4v) is 1.52. The Balaban J connectivity index is 2.70. The van der Waals surface area contributed by atoms with E-state index in [9.17, 15) is 0 Å². The number of benzene rings is 1. The Kier molecular flexibility index (Phi) is 3.53. The standard InChI is InChI=1S/C11H17ClN2/c1-11(2,14)7-10(13)8-3-5-9(12)6-4-8/h3-6,10H,7,13-14H2,1-2H3. The highest BCUT2D eigenvalue weighted by atomic mass is 35.5. The van der Waals surface area contributed by atoms with Crippen LogP contribution in [0.5, 0.6) is 0 Å². The molecule has 0 aliphatic carbocycles. The van der Waals surface area contributed by atoms with Gasteiger partial charge in [-0.25, -0.2) is 0 Å². The van der Waals surface area contributed by atoms with Gasteiger partial charge in [0.1, 0.15) is 0 Å². The van der Waals surface area contributed by atoms with Crippen molar-refractivity contribution in [3.63, 3.8) is 0 Å². The predicted molar refractivity (Wildman–Crippen MR) is 61.3 cm³/mol. The summed E-state index contributed by atoms with van der Waals surface area (Å²) in [6.07, 6.45) is 0.759. The van der Waals surface area contributed by atoms with Crippen molar-refractivity contribution in [1.29, 1.82) is 0 Å². The van der Waals surface area contributed by atoms with Gasteiger partial charge in [0.05, 0.1) is 0 Å². The van der Waals surface area contributed by atoms with Gasteiger partial charge in [-0.1, -0.05) is 23.7 Å². The molecule has 0 saturated carbocycles. The van der Waals surface area contributed by atoms with Gasteiger partial charge in [-0.2, -0.15) is 0 Å². The van der Waals surface area contributed by atoms with Gasteiger partial charge in [-0.15, -0.1) is 0 Å². The van der Waals surface area contributed by atoms with Crippen LogP contribution in [0.1, 0.15) is 31.9 Å². The average molecular weight is 213 g/mol. The van der Waals surface area contributed by atoms with E-state index in [1.807, 2.05) is 38.1 Å². The van der Waals surface area contributed by atoms with Crippen molar-refractivity contribution in [2.75, 3.05) is 0 Å². The summed E-state index contributed by atoms with van der Waals surface area (Å²) in [6, 6.07) is 7.56. The van der Waals surface area contributed by atoms with Gasteiger partial charge in [-0.05, 0) is 38.0 Å². The number of nitrogens with two attached hydrogens (primary N) is 2. The van der Waals surface area contributed by atoms with Crippen LogP contribution in [-0.2, 0) is 0 Å². The minimum Gasteiger partial charge on any atom is -0.325 e. The zero-order valence-electron chi connectivity index (χ0n) is 8.63. The molecule has 1 rings (SSSR count). The van der Waals surface area contributed by atoms with Crippen LogP contribution < -0.4 is 11.5 Å². The maximum absolute atomic E-state index is 6.01. The van der Waals surface area contributed by atoms with Crippen LogP contribution in [0.3, 0.4) is 0 Å². The third kappa shape index (κ3) is 3.66. The van der Waals surface area contributed by atoms with Gasteiger partial charge in [0.2, 0.25) is 0 Å². The van der Waals surface area contributed by atoms with Crippen LogP contribution in [0, 0.1) is 0 Å². The minimum absolute atomic E-state index is 0.0210. The van der Waals surface area contributed by atoms with Crippen molar-refractivity contribution in [3.05, 3.63) is 34.9 Å². The maximum Gasteiger partial charge on any atom is 0.0406 e. The summed E-state index contributed by atoms with van der Waals surface area (Å²) in [5.74, 6) is 0. The molecule has 0 aromatic heterocycles. The first-order valence-electron chi connectivity index (χ1n) is 4.68. The topological polar surface area (TPSA) is 52.0 Å². The van der Waals surface area contributed by atoms with E-state index in [-0.39, 0.29) is 11.6 Å². The first kappa shape index (κ1) is 11.5. The highest BCUT2D eigenvalue weighted by Crippen LogP contribution is 2.21. The molecule has 0 aliphatic rings. The lowest BCUT2D eigenvalue weighted by atomic mass is 9.93. The molecule has 78 valence electrons. The van der Waals surface area contributed by atoms with Crippen molar-refractivity contribution >= 4 is 11.6 Å². The molecule has 0 fully saturated rings. The average Bonchev–Trinajstić information content (AvgIpc) is 2.02. The number of hydrogen-bond acceptors (Lipinski definition) is 2. The zero-order chi connectivity index (χ0) is 10.8. The Hall–Kier alpha value is -0.570. The van der Waals surface area contributed by atoms with E-state index >= 15 is 0 Å². The summed E-state index contributed by atoms with van der Waals surface area (Å²) in [6.45, 7) is 3.95. The monoisotopic (exact) mass is 212 g/mol. The van der Waals surface area contributed by atoms with E-state index in [0.717, 1.165) is 17.0 Å². The first-order chi connectivity index (χ1) is 6.38. The SMILES string of the molecule is CC(C)(N)CC(N)c1ccc(Cl)cc1. The van der Waals surface area contributed by atoms with Crippen LogP contribution in [-0.4, -0.2) is 5.54 Å². The third-order valence-corrected chi connectivity index (χ3v) is 2.30. The van der Waals surface area contributed by atoms with Crippen molar-refractivity contribution in [3.8, 4) is 0 Å². The fourth-order valence-electron chi connectivity index (χ4n) is 1.39. The molecule has 0 heterocycles. The van der Waals surface area contributed by atoms with E-state index in [4.69, 9.17) is 23.1 Å². The molecule has 1 aromatic rings. The predicted octanol–water partition coefficient (Wildman–Crippen LogP) is 2.47. The Morgan fingerprint density at radius 2 is 1.79 bits per heavy atom. The van der Waals surface area contributed by atoms with Crippen molar-refractivity contribution in [2.45, 2.75) is 31.8 Å². The number of hydrogen-bond donors (Lipinski definition) is 2. The molecule has 0 radical (unpaired) electrons. The molecule has 1 unspecified atom stereocenters. The largest absolute Gasteiger partial charge is 0.325 e. The molecule has 1 atom stereocenters. The summed E-state index contributed by atoms with van der Waals surface area (Å²) in [5.41, 5.74) is 12.7. The van der Waals surface area contributed by atoms with E-state index in [2.05, 4.69) is 0 Å². The smallest absolute Gasteiger partial charge is 0.0406 e. The summed E-state index contributed by atoms with van der Waals surface area (Å²) >= 11 is 5.78. The minimum atomic E-state index is -0.237. The summed E-state index contributed by atoms with van der Waals surface area (Å²) < 4.78 is 0. The van der Waals surface area contributed by atoms with Gasteiger partial charge in [0.25, 0.3) is 0 Å². The number of rotatable bonds is 3. The molecular weight excluding hydrogens is 196 g/mol. The second-order valence-electron chi connectivity index (χ2n) is 4.35. The lowest BCUT2D eigenvalue weighted by Crippen LogP contribution is -2.35. The lowest BCUT2D eigenvalue weighted by Gasteiger charge is -2.23. The third-order valence-electron chi connectivity index (χ3n) is 2.04. The van der Waals surface area contributed by atoms with Gasteiger partial charge in [0, 0.05) is 16.6 Å². The van der Waals surface area contributed by atoms with E-state index in [1.165, 1.54) is 0 Å². The Morgan fingerprint density at radius 3 is 2.21 bits per heavy atom. The van der Waals surface area contributed by atoms with Crippen molar-refractivity contribution < 1.29 is 0 Å². The molecule has 2 nitrogen and oxygen atoms in total. The molecule has 1 aromatic carbocycles. The molecule has 0 saturated heterocycles. The van der Waals surface area contributed by atoms with E-state index < -0.39 is 0 Å². The summed E-state index contributed by atoms with van der Waals surface area (Å²) in [7, 11) is 0. The molecule has 0 spiro atoms. The molecule has 3 heteroatoms. The molecule has 0 aliphatic heterocycles. The zero-order valence-corrected chi connectivity index (χ0v) is 9.38. The Labute approximate surface area is 90.2 Å². The molecule has 0 bridgehead atoms. The lowest BCUT2D eigenvalue weighted by molar-refractivity contribution is 0.429. The highest BCUT2D eigenvalue weighted by molar-refractivity contribution is 6.30. The fraction of sp³-hybridized carbons (Fsp3) is 0.455. The number of halogens is 1. The summed E-state index contributed by atoms with van der Waals surface area (Å²) in [5, 5.41) is 0.730. The van der Waals surface area contributed by atoms with Crippen LogP contribution in [0.4, 0.5) is 0 Å². The van der Waals surface area contributed by atoms with Crippen LogP contribution in [0.2, 0.25) is 5.02 Å². The van der Waals surface area contributed by atoms with Crippen LogP contribution in [0.25, 0.3) is 0 Å². The van der Waals surface area contributed by atoms with Crippen LogP contribution >= 0.6 is 11.6 Å². The van der Waals surface area contributed by atoms with Crippen molar-refractivity contribution in [2.24, 2.45) is 11.5 Å². The van der Waals surface area contributed by atoms with Crippen molar-refractivity contribution in [1.82, 2.24) is 0 Å². The second kappa shape index (κ2) is 4.30. The Morgan fingerprint density at radius 1 is 1.29 bits per heavy atom. The maximum atomic E-state index is 6.01. The van der Waals surface area contributed by atoms with Crippen LogP contribution in [0.15, 0.2) is 24.3 Å².